The van der Waals surface area contributed by atoms with E-state index in [1.54, 1.807) is 0 Å². The van der Waals surface area contributed by atoms with Gasteiger partial charge in [-0.3, -0.25) is 0 Å². The Balaban J connectivity index is 1.84. The van der Waals surface area contributed by atoms with Crippen molar-refractivity contribution in [3.05, 3.63) is 51.2 Å². The van der Waals surface area contributed by atoms with Gasteiger partial charge in [-0.1, -0.05) is 23.7 Å². The lowest BCUT2D eigenvalue weighted by atomic mass is 10.3. The molecule has 3 aromatic rings. The SMILES string of the molecule is O=S(=O)(NCc1nc2ccccc2s1)c1cc(Br)cnc1Cl. The summed E-state index contributed by atoms with van der Waals surface area (Å²) in [5.41, 5.74) is 0.851. The van der Waals surface area contributed by atoms with Gasteiger partial charge < -0.3 is 0 Å². The summed E-state index contributed by atoms with van der Waals surface area (Å²) in [6.07, 6.45) is 1.44. The predicted molar refractivity (Wildman–Crippen MR) is 90.6 cm³/mol. The van der Waals surface area contributed by atoms with Crippen molar-refractivity contribution in [3.63, 3.8) is 0 Å². The third-order valence-corrected chi connectivity index (χ3v) is 6.11. The molecule has 22 heavy (non-hydrogen) atoms. The molecule has 0 spiro atoms. The normalized spacial score (nSPS) is 11.9. The highest BCUT2D eigenvalue weighted by Gasteiger charge is 2.19. The first-order valence-corrected chi connectivity index (χ1v) is 9.58. The first-order chi connectivity index (χ1) is 10.5. The summed E-state index contributed by atoms with van der Waals surface area (Å²) in [5, 5.41) is 0.615. The molecule has 1 aromatic carbocycles. The molecule has 3 rings (SSSR count). The van der Waals surface area contributed by atoms with Crippen molar-refractivity contribution in [1.29, 1.82) is 0 Å². The molecule has 9 heteroatoms. The first-order valence-electron chi connectivity index (χ1n) is 6.11. The Labute approximate surface area is 144 Å². The van der Waals surface area contributed by atoms with E-state index in [2.05, 4.69) is 30.6 Å². The maximum absolute atomic E-state index is 12.3. The van der Waals surface area contributed by atoms with Crippen LogP contribution in [0.15, 0.2) is 45.9 Å². The van der Waals surface area contributed by atoms with Crippen LogP contribution >= 0.6 is 38.9 Å². The lowest BCUT2D eigenvalue weighted by Crippen LogP contribution is -2.23. The van der Waals surface area contributed by atoms with Gasteiger partial charge in [0.15, 0.2) is 0 Å². The third kappa shape index (κ3) is 3.31. The third-order valence-electron chi connectivity index (χ3n) is 2.81. The van der Waals surface area contributed by atoms with E-state index in [9.17, 15) is 8.42 Å². The molecule has 114 valence electrons. The van der Waals surface area contributed by atoms with Gasteiger partial charge in [-0.2, -0.15) is 0 Å². The summed E-state index contributed by atoms with van der Waals surface area (Å²) in [6, 6.07) is 9.05. The van der Waals surface area contributed by atoms with Gasteiger partial charge in [0.05, 0.1) is 16.8 Å². The Morgan fingerprint density at radius 1 is 1.32 bits per heavy atom. The number of halogens is 2. The highest BCUT2D eigenvalue weighted by molar-refractivity contribution is 9.10. The Morgan fingerprint density at radius 3 is 2.86 bits per heavy atom. The van der Waals surface area contributed by atoms with Gasteiger partial charge in [-0.05, 0) is 34.1 Å². The van der Waals surface area contributed by atoms with E-state index in [1.165, 1.54) is 23.6 Å². The van der Waals surface area contributed by atoms with Crippen LogP contribution in [0, 0.1) is 0 Å². The maximum Gasteiger partial charge on any atom is 0.244 e. The van der Waals surface area contributed by atoms with E-state index in [0.29, 0.717) is 9.48 Å². The average molecular weight is 419 g/mol. The smallest absolute Gasteiger partial charge is 0.242 e. The van der Waals surface area contributed by atoms with Crippen LogP contribution in [-0.4, -0.2) is 18.4 Å². The number of rotatable bonds is 4. The number of hydrogen-bond donors (Lipinski definition) is 1. The summed E-state index contributed by atoms with van der Waals surface area (Å²) in [4.78, 5) is 8.14. The maximum atomic E-state index is 12.3. The quantitative estimate of drug-likeness (QED) is 0.657. The Kier molecular flexibility index (Phi) is 4.47. The number of aromatic nitrogens is 2. The van der Waals surface area contributed by atoms with Crippen molar-refractivity contribution in [2.45, 2.75) is 11.4 Å². The van der Waals surface area contributed by atoms with Gasteiger partial charge in [0, 0.05) is 10.7 Å². The largest absolute Gasteiger partial charge is 0.244 e. The zero-order valence-corrected chi connectivity index (χ0v) is 14.9. The van der Waals surface area contributed by atoms with E-state index in [0.717, 1.165) is 10.2 Å². The van der Waals surface area contributed by atoms with Crippen LogP contribution in [0.25, 0.3) is 10.2 Å². The fourth-order valence-electron chi connectivity index (χ4n) is 1.82. The second kappa shape index (κ2) is 6.21. The first kappa shape index (κ1) is 15.8. The Hall–Kier alpha value is -1.06. The highest BCUT2D eigenvalue weighted by atomic mass is 79.9. The van der Waals surface area contributed by atoms with Crippen molar-refractivity contribution in [2.24, 2.45) is 0 Å². The number of pyridine rings is 1. The summed E-state index contributed by atoms with van der Waals surface area (Å²) >= 11 is 10.5. The lowest BCUT2D eigenvalue weighted by molar-refractivity contribution is 0.580. The van der Waals surface area contributed by atoms with Gasteiger partial charge in [-0.15, -0.1) is 11.3 Å². The van der Waals surface area contributed by atoms with Crippen molar-refractivity contribution in [2.75, 3.05) is 0 Å². The van der Waals surface area contributed by atoms with Crippen molar-refractivity contribution in [3.8, 4) is 0 Å². The van der Waals surface area contributed by atoms with Gasteiger partial charge in [0.25, 0.3) is 0 Å². The molecular weight excluding hydrogens is 410 g/mol. The van der Waals surface area contributed by atoms with Crippen LogP contribution < -0.4 is 4.72 Å². The zero-order chi connectivity index (χ0) is 15.7. The van der Waals surface area contributed by atoms with E-state index >= 15 is 0 Å². The molecule has 2 heterocycles. The van der Waals surface area contributed by atoms with Crippen LogP contribution in [0.1, 0.15) is 5.01 Å². The number of hydrogen-bond acceptors (Lipinski definition) is 5. The van der Waals surface area contributed by atoms with Crippen LogP contribution in [0.5, 0.6) is 0 Å². The molecule has 1 N–H and O–H groups in total. The lowest BCUT2D eigenvalue weighted by Gasteiger charge is -2.06. The second-order valence-corrected chi connectivity index (χ2v) is 8.47. The summed E-state index contributed by atoms with van der Waals surface area (Å²) < 4.78 is 28.7. The molecule has 0 aliphatic rings. The number of sulfonamides is 1. The Morgan fingerprint density at radius 2 is 2.09 bits per heavy atom. The number of nitrogens with zero attached hydrogens (tertiary/aromatic N) is 2. The zero-order valence-electron chi connectivity index (χ0n) is 11.0. The standard InChI is InChI=1S/C13H9BrClN3O2S2/c14-8-5-11(13(15)16-6-8)22(19,20)17-7-12-18-9-3-1-2-4-10(9)21-12/h1-6,17H,7H2. The Bertz CT molecular complexity index is 910. The number of thiazole rings is 1. The van der Waals surface area contributed by atoms with E-state index in [-0.39, 0.29) is 16.6 Å². The van der Waals surface area contributed by atoms with E-state index < -0.39 is 10.0 Å². The molecule has 0 saturated heterocycles. The van der Waals surface area contributed by atoms with E-state index in [4.69, 9.17) is 11.6 Å². The molecule has 0 aliphatic carbocycles. The van der Waals surface area contributed by atoms with Gasteiger partial charge in [-0.25, -0.2) is 23.1 Å². The molecular formula is C13H9BrClN3O2S2. The van der Waals surface area contributed by atoms with Gasteiger partial charge in [0.2, 0.25) is 10.0 Å². The molecule has 0 aliphatic heterocycles. The second-order valence-electron chi connectivity index (χ2n) is 4.34. The van der Waals surface area contributed by atoms with Crippen LogP contribution in [-0.2, 0) is 16.6 Å². The fraction of sp³-hybridized carbons (Fsp3) is 0.0769. The number of nitrogens with one attached hydrogen (secondary N) is 1. The number of fused-ring (bicyclic) bond motifs is 1. The molecule has 0 bridgehead atoms. The van der Waals surface area contributed by atoms with Crippen molar-refractivity contribution < 1.29 is 8.42 Å². The predicted octanol–water partition coefficient (Wildman–Crippen LogP) is 3.59. The van der Waals surface area contributed by atoms with E-state index in [1.807, 2.05) is 24.3 Å². The monoisotopic (exact) mass is 417 g/mol. The minimum atomic E-state index is -3.76. The highest BCUT2D eigenvalue weighted by Crippen LogP contribution is 2.24. The molecule has 0 unspecified atom stereocenters. The van der Waals surface area contributed by atoms with Gasteiger partial charge >= 0.3 is 0 Å². The minimum absolute atomic E-state index is 0.0651. The molecule has 0 fully saturated rings. The minimum Gasteiger partial charge on any atom is -0.242 e. The fourth-order valence-corrected chi connectivity index (χ4v) is 4.75. The van der Waals surface area contributed by atoms with Crippen LogP contribution in [0.2, 0.25) is 5.15 Å². The molecule has 5 nitrogen and oxygen atoms in total. The number of para-hydroxylation sites is 1. The molecule has 0 saturated carbocycles. The average Bonchev–Trinajstić information content (AvgIpc) is 2.90. The summed E-state index contributed by atoms with van der Waals surface area (Å²) in [5.74, 6) is 0. The topological polar surface area (TPSA) is 72.0 Å². The molecule has 0 amide bonds. The van der Waals surface area contributed by atoms with Crippen LogP contribution in [0.3, 0.4) is 0 Å². The molecule has 0 atom stereocenters. The molecule has 2 aromatic heterocycles. The van der Waals surface area contributed by atoms with Crippen molar-refractivity contribution in [1.82, 2.24) is 14.7 Å². The van der Waals surface area contributed by atoms with Crippen LogP contribution in [0.4, 0.5) is 0 Å². The van der Waals surface area contributed by atoms with Crippen molar-refractivity contribution >= 4 is 59.1 Å². The molecule has 0 radical (unpaired) electrons. The summed E-state index contributed by atoms with van der Waals surface area (Å²) in [7, 11) is -3.76. The van der Waals surface area contributed by atoms with Gasteiger partial charge in [0.1, 0.15) is 15.1 Å². The summed E-state index contributed by atoms with van der Waals surface area (Å²) in [6.45, 7) is 0.102. The number of benzene rings is 1.